The Morgan fingerprint density at radius 1 is 1.62 bits per heavy atom. The summed E-state index contributed by atoms with van der Waals surface area (Å²) in [5.41, 5.74) is 5.27. The molecule has 0 aliphatic heterocycles. The number of aliphatic carboxylic acids is 1. The van der Waals surface area contributed by atoms with Crippen molar-refractivity contribution < 1.29 is 19.4 Å². The Kier molecular flexibility index (Phi) is 8.11. The molecule has 16 heavy (non-hydrogen) atoms. The summed E-state index contributed by atoms with van der Waals surface area (Å²) in [7, 11) is 0. The molecule has 0 fully saturated rings. The van der Waals surface area contributed by atoms with Crippen LogP contribution < -0.4 is 11.1 Å². The molecule has 0 aromatic heterocycles. The van der Waals surface area contributed by atoms with Crippen molar-refractivity contribution in [2.24, 2.45) is 5.73 Å². The second kappa shape index (κ2) is 8.88. The third-order valence-electron chi connectivity index (χ3n) is 1.42. The molecule has 1 atom stereocenters. The molecular weight excluding hydrogens is 232 g/mol. The van der Waals surface area contributed by atoms with Gasteiger partial charge in [0.05, 0.1) is 0 Å². The molecule has 6 nitrogen and oxygen atoms in total. The maximum Gasteiger partial charge on any atom is 0.408 e. The molecule has 0 rings (SSSR count). The summed E-state index contributed by atoms with van der Waals surface area (Å²) in [6.07, 6.45) is 4.30. The van der Waals surface area contributed by atoms with Gasteiger partial charge in [0.15, 0.2) is 6.61 Å². The van der Waals surface area contributed by atoms with Gasteiger partial charge in [-0.2, -0.15) is 11.8 Å². The van der Waals surface area contributed by atoms with Gasteiger partial charge in [0, 0.05) is 18.1 Å². The molecule has 0 bridgehead atoms. The summed E-state index contributed by atoms with van der Waals surface area (Å²) in [4.78, 5) is 21.2. The number of carboxylic acids is 1. The number of ether oxygens (including phenoxy) is 1. The van der Waals surface area contributed by atoms with E-state index in [9.17, 15) is 9.59 Å². The molecular formula is C9H14N2O4S. The number of alkyl carbamates (subject to hydrolysis) is 1. The van der Waals surface area contributed by atoms with Crippen molar-refractivity contribution in [3.05, 3.63) is 0 Å². The number of carboxylic acid groups (broad SMARTS) is 1. The molecule has 0 heterocycles. The minimum atomic E-state index is -1.03. The first-order chi connectivity index (χ1) is 7.57. The summed E-state index contributed by atoms with van der Waals surface area (Å²) in [6, 6.07) is -0.876. The molecule has 0 aliphatic rings. The average Bonchev–Trinajstić information content (AvgIpc) is 2.25. The summed E-state index contributed by atoms with van der Waals surface area (Å²) in [5.74, 6) is 1.99. The van der Waals surface area contributed by atoms with Gasteiger partial charge in [-0.1, -0.05) is 5.92 Å². The zero-order valence-electron chi connectivity index (χ0n) is 8.64. The highest BCUT2D eigenvalue weighted by atomic mass is 32.2. The first-order valence-corrected chi connectivity index (χ1v) is 5.63. The highest BCUT2D eigenvalue weighted by Gasteiger charge is 2.10. The van der Waals surface area contributed by atoms with Gasteiger partial charge in [0.2, 0.25) is 0 Å². The molecule has 0 aliphatic carbocycles. The van der Waals surface area contributed by atoms with Gasteiger partial charge >= 0.3 is 12.1 Å². The SMILES string of the molecule is C#CCOC(=O)NCCSC[C@@H](N)C(=O)O. The smallest absolute Gasteiger partial charge is 0.408 e. The normalized spacial score (nSPS) is 11.2. The molecule has 1 amide bonds. The highest BCUT2D eigenvalue weighted by Crippen LogP contribution is 2.00. The van der Waals surface area contributed by atoms with E-state index in [1.807, 2.05) is 0 Å². The summed E-state index contributed by atoms with van der Waals surface area (Å²) < 4.78 is 4.54. The number of rotatable bonds is 7. The van der Waals surface area contributed by atoms with Crippen LogP contribution >= 0.6 is 11.8 Å². The monoisotopic (exact) mass is 246 g/mol. The van der Waals surface area contributed by atoms with E-state index in [4.69, 9.17) is 17.3 Å². The van der Waals surface area contributed by atoms with Crippen molar-refractivity contribution >= 4 is 23.8 Å². The minimum absolute atomic E-state index is 0.0666. The average molecular weight is 246 g/mol. The number of carbonyl (C=O) groups is 2. The zero-order chi connectivity index (χ0) is 12.4. The van der Waals surface area contributed by atoms with Crippen LogP contribution in [0.15, 0.2) is 0 Å². The number of hydrogen-bond donors (Lipinski definition) is 3. The summed E-state index contributed by atoms with van der Waals surface area (Å²) >= 11 is 1.34. The topological polar surface area (TPSA) is 102 Å². The molecule has 7 heteroatoms. The lowest BCUT2D eigenvalue weighted by Gasteiger charge is -2.06. The van der Waals surface area contributed by atoms with Gasteiger partial charge in [-0.15, -0.1) is 6.42 Å². The van der Waals surface area contributed by atoms with Crippen LogP contribution in [0, 0.1) is 12.3 Å². The predicted octanol–water partition coefficient (Wildman–Crippen LogP) is -0.509. The molecule has 0 aromatic rings. The standard InChI is InChI=1S/C9H14N2O4S/c1-2-4-15-9(14)11-3-5-16-6-7(10)8(12)13/h1,7H,3-6,10H2,(H,11,14)(H,12,13)/t7-/m1/s1. The van der Waals surface area contributed by atoms with E-state index >= 15 is 0 Å². The highest BCUT2D eigenvalue weighted by molar-refractivity contribution is 7.99. The van der Waals surface area contributed by atoms with Gasteiger partial charge in [0.25, 0.3) is 0 Å². The van der Waals surface area contributed by atoms with E-state index in [1.165, 1.54) is 11.8 Å². The minimum Gasteiger partial charge on any atom is -0.480 e. The van der Waals surface area contributed by atoms with Crippen molar-refractivity contribution in [2.75, 3.05) is 24.7 Å². The number of nitrogens with two attached hydrogens (primary N) is 1. The van der Waals surface area contributed by atoms with Crippen molar-refractivity contribution in [1.82, 2.24) is 5.32 Å². The molecule has 0 unspecified atom stereocenters. The van der Waals surface area contributed by atoms with E-state index in [2.05, 4.69) is 16.0 Å². The van der Waals surface area contributed by atoms with E-state index in [0.717, 1.165) is 0 Å². The number of terminal acetylenes is 1. The molecule has 90 valence electrons. The lowest BCUT2D eigenvalue weighted by Crippen LogP contribution is -2.33. The van der Waals surface area contributed by atoms with Crippen molar-refractivity contribution in [2.45, 2.75) is 6.04 Å². The second-order valence-electron chi connectivity index (χ2n) is 2.73. The summed E-state index contributed by atoms with van der Waals surface area (Å²) in [6.45, 7) is 0.309. The Morgan fingerprint density at radius 2 is 2.31 bits per heavy atom. The third kappa shape index (κ3) is 7.96. The molecule has 4 N–H and O–H groups in total. The third-order valence-corrected chi connectivity index (χ3v) is 2.50. The number of nitrogens with one attached hydrogen (secondary N) is 1. The van der Waals surface area contributed by atoms with Crippen molar-refractivity contribution in [3.8, 4) is 12.3 Å². The molecule has 0 saturated heterocycles. The van der Waals surface area contributed by atoms with Gasteiger partial charge in [-0.3, -0.25) is 4.79 Å². The van der Waals surface area contributed by atoms with Gasteiger partial charge in [-0.05, 0) is 0 Å². The largest absolute Gasteiger partial charge is 0.480 e. The first kappa shape index (κ1) is 14.6. The second-order valence-corrected chi connectivity index (χ2v) is 3.88. The van der Waals surface area contributed by atoms with Crippen LogP contribution in [0.25, 0.3) is 0 Å². The number of thioether (sulfide) groups is 1. The zero-order valence-corrected chi connectivity index (χ0v) is 9.46. The number of hydrogen-bond acceptors (Lipinski definition) is 5. The van der Waals surface area contributed by atoms with E-state index in [0.29, 0.717) is 18.1 Å². The Bertz CT molecular complexity index is 277. The van der Waals surface area contributed by atoms with Crippen LogP contribution in [-0.4, -0.2) is 47.9 Å². The van der Waals surface area contributed by atoms with Crippen LogP contribution in [0.2, 0.25) is 0 Å². The van der Waals surface area contributed by atoms with E-state index in [1.54, 1.807) is 0 Å². The van der Waals surface area contributed by atoms with Crippen LogP contribution in [0.3, 0.4) is 0 Å². The van der Waals surface area contributed by atoms with E-state index in [-0.39, 0.29) is 6.61 Å². The Balaban J connectivity index is 3.37. The lowest BCUT2D eigenvalue weighted by atomic mass is 10.4. The Morgan fingerprint density at radius 3 is 2.88 bits per heavy atom. The van der Waals surface area contributed by atoms with Crippen LogP contribution in [0.4, 0.5) is 4.79 Å². The van der Waals surface area contributed by atoms with Gasteiger partial charge < -0.3 is 20.9 Å². The quantitative estimate of drug-likeness (QED) is 0.413. The molecule has 0 spiro atoms. The fraction of sp³-hybridized carbons (Fsp3) is 0.556. The maximum absolute atomic E-state index is 10.9. The predicted molar refractivity (Wildman–Crippen MR) is 61.1 cm³/mol. The number of carbonyl (C=O) groups excluding carboxylic acids is 1. The van der Waals surface area contributed by atoms with Gasteiger partial charge in [0.1, 0.15) is 6.04 Å². The number of amides is 1. The van der Waals surface area contributed by atoms with E-state index < -0.39 is 18.1 Å². The first-order valence-electron chi connectivity index (χ1n) is 4.48. The Hall–Kier alpha value is -1.39. The fourth-order valence-corrected chi connectivity index (χ4v) is 1.47. The lowest BCUT2D eigenvalue weighted by molar-refractivity contribution is -0.137. The summed E-state index contributed by atoms with van der Waals surface area (Å²) in [5, 5.41) is 10.9. The maximum atomic E-state index is 10.9. The van der Waals surface area contributed by atoms with Crippen molar-refractivity contribution in [1.29, 1.82) is 0 Å². The van der Waals surface area contributed by atoms with Crippen LogP contribution in [0.1, 0.15) is 0 Å². The van der Waals surface area contributed by atoms with Gasteiger partial charge in [-0.25, -0.2) is 4.79 Å². The van der Waals surface area contributed by atoms with Crippen LogP contribution in [0.5, 0.6) is 0 Å². The Labute approximate surface area is 97.9 Å². The fourth-order valence-electron chi connectivity index (χ4n) is 0.665. The molecule has 0 radical (unpaired) electrons. The van der Waals surface area contributed by atoms with Crippen LogP contribution in [-0.2, 0) is 9.53 Å². The molecule has 0 aromatic carbocycles. The van der Waals surface area contributed by atoms with Crippen molar-refractivity contribution in [3.63, 3.8) is 0 Å². The molecule has 0 saturated carbocycles.